The van der Waals surface area contributed by atoms with Crippen LogP contribution in [0.15, 0.2) is 36.4 Å². The van der Waals surface area contributed by atoms with Crippen molar-refractivity contribution in [2.45, 2.75) is 43.1 Å². The Morgan fingerprint density at radius 3 is 2.30 bits per heavy atom. The number of nitrogens with one attached hydrogen (secondary N) is 2. The number of aliphatic hydroxyl groups excluding tert-OH is 3. The van der Waals surface area contributed by atoms with Crippen molar-refractivity contribution in [3.8, 4) is 0 Å². The summed E-state index contributed by atoms with van der Waals surface area (Å²) in [5, 5.41) is 36.5. The number of ether oxygens (including phenoxy) is 1. The van der Waals surface area contributed by atoms with Crippen molar-refractivity contribution < 1.29 is 39.2 Å². The van der Waals surface area contributed by atoms with E-state index in [9.17, 15) is 34.5 Å². The minimum absolute atomic E-state index is 0.0138. The number of carbonyl (C=O) groups is 4. The van der Waals surface area contributed by atoms with Crippen LogP contribution in [-0.2, 0) is 14.3 Å². The number of nitrogens with zero attached hydrogens (tertiary/aromatic N) is 1. The average molecular weight is 532 g/mol. The third-order valence-electron chi connectivity index (χ3n) is 6.38. The first-order valence-corrected chi connectivity index (χ1v) is 12.9. The van der Waals surface area contributed by atoms with Gasteiger partial charge in [-0.2, -0.15) is 0 Å². The van der Waals surface area contributed by atoms with Crippen LogP contribution in [0.2, 0.25) is 0 Å². The molecule has 2 heterocycles. The average Bonchev–Trinajstić information content (AvgIpc) is 2.88. The van der Waals surface area contributed by atoms with E-state index in [1.807, 2.05) is 12.1 Å². The summed E-state index contributed by atoms with van der Waals surface area (Å²) in [6.07, 6.45) is -3.69. The number of imide groups is 1. The van der Waals surface area contributed by atoms with Crippen molar-refractivity contribution in [1.29, 1.82) is 0 Å². The van der Waals surface area contributed by atoms with Gasteiger partial charge in [0.2, 0.25) is 11.8 Å². The lowest BCUT2D eigenvalue weighted by molar-refractivity contribution is -0.173. The summed E-state index contributed by atoms with van der Waals surface area (Å²) in [6, 6.07) is 9.67. The fourth-order valence-electron chi connectivity index (χ4n) is 4.56. The van der Waals surface area contributed by atoms with Gasteiger partial charge >= 0.3 is 0 Å². The maximum Gasteiger partial charge on any atom is 0.261 e. The van der Waals surface area contributed by atoms with Crippen molar-refractivity contribution in [2.24, 2.45) is 0 Å². The quantitative estimate of drug-likeness (QED) is 0.271. The van der Waals surface area contributed by atoms with Crippen molar-refractivity contribution in [3.63, 3.8) is 0 Å². The molecule has 0 aliphatic carbocycles. The summed E-state index contributed by atoms with van der Waals surface area (Å²) in [5.41, 5.74) is 0.105. The van der Waals surface area contributed by atoms with Crippen molar-refractivity contribution >= 4 is 46.2 Å². The number of hydrogen-bond acceptors (Lipinski definition) is 9. The maximum absolute atomic E-state index is 12.9. The van der Waals surface area contributed by atoms with Gasteiger partial charge in [-0.3, -0.25) is 24.1 Å². The van der Waals surface area contributed by atoms with Gasteiger partial charge in [-0.15, -0.1) is 11.8 Å². The Kier molecular flexibility index (Phi) is 8.45. The van der Waals surface area contributed by atoms with Gasteiger partial charge in [-0.1, -0.05) is 24.3 Å². The Labute approximate surface area is 217 Å². The van der Waals surface area contributed by atoms with Crippen LogP contribution in [0, 0.1) is 0 Å². The van der Waals surface area contributed by atoms with Crippen LogP contribution in [-0.4, -0.2) is 99.1 Å². The van der Waals surface area contributed by atoms with Gasteiger partial charge in [-0.25, -0.2) is 0 Å². The Morgan fingerprint density at radius 1 is 1.05 bits per heavy atom. The summed E-state index contributed by atoms with van der Waals surface area (Å²) in [5.74, 6) is -1.30. The molecule has 37 heavy (non-hydrogen) atoms. The molecule has 1 saturated heterocycles. The summed E-state index contributed by atoms with van der Waals surface area (Å²) in [7, 11) is 0. The van der Waals surface area contributed by atoms with Crippen LogP contribution in [0.25, 0.3) is 10.8 Å². The highest BCUT2D eigenvalue weighted by atomic mass is 32.2. The number of amides is 4. The molecule has 198 valence electrons. The Balaban J connectivity index is 1.28. The zero-order valence-corrected chi connectivity index (χ0v) is 20.9. The molecule has 0 bridgehead atoms. The van der Waals surface area contributed by atoms with E-state index in [-0.39, 0.29) is 31.2 Å². The van der Waals surface area contributed by atoms with E-state index in [4.69, 9.17) is 4.74 Å². The van der Waals surface area contributed by atoms with Crippen LogP contribution in [0.5, 0.6) is 0 Å². The summed E-state index contributed by atoms with van der Waals surface area (Å²) in [6.45, 7) is 0.837. The molecule has 12 heteroatoms. The normalized spacial score (nSPS) is 25.3. The second kappa shape index (κ2) is 11.6. The first-order valence-electron chi connectivity index (χ1n) is 11.9. The summed E-state index contributed by atoms with van der Waals surface area (Å²) < 4.78 is 5.63. The standard InChI is InChI=1S/C25H29N3O8S/c1-13(30)27-20-22(33)21(32)17(12-29)36-25(20)37-11-8-18(31)26-9-10-28-23(34)15-6-2-4-14-5-3-7-16(19(14)15)24(28)35/h2-7,17,20-22,25,29,32-33H,8-12H2,1H3,(H,26,31)(H,27,30)/t17-,20-,21-,22-,25+/m1/s1. The second-order valence-corrected chi connectivity index (χ2v) is 10.1. The number of thioether (sulfide) groups is 1. The van der Waals surface area contributed by atoms with E-state index in [0.717, 1.165) is 22.0 Å². The largest absolute Gasteiger partial charge is 0.394 e. The summed E-state index contributed by atoms with van der Waals surface area (Å²) >= 11 is 1.15. The summed E-state index contributed by atoms with van der Waals surface area (Å²) in [4.78, 5) is 50.9. The van der Waals surface area contributed by atoms with Gasteiger partial charge in [-0.05, 0) is 17.5 Å². The molecule has 2 aliphatic heterocycles. The molecule has 2 aromatic rings. The van der Waals surface area contributed by atoms with Crippen LogP contribution < -0.4 is 10.6 Å². The molecule has 0 spiro atoms. The molecule has 5 N–H and O–H groups in total. The fraction of sp³-hybridized carbons (Fsp3) is 0.440. The lowest BCUT2D eigenvalue weighted by atomic mass is 9.94. The number of aliphatic hydroxyl groups is 3. The minimum Gasteiger partial charge on any atom is -0.394 e. The molecule has 2 aromatic carbocycles. The molecular formula is C25H29N3O8S. The number of carbonyl (C=O) groups excluding carboxylic acids is 4. The van der Waals surface area contributed by atoms with E-state index >= 15 is 0 Å². The van der Waals surface area contributed by atoms with Gasteiger partial charge in [0, 0.05) is 48.7 Å². The highest BCUT2D eigenvalue weighted by Crippen LogP contribution is 2.30. The topological polar surface area (TPSA) is 166 Å². The minimum atomic E-state index is -1.37. The fourth-order valence-corrected chi connectivity index (χ4v) is 5.75. The van der Waals surface area contributed by atoms with Crippen molar-refractivity contribution in [2.75, 3.05) is 25.4 Å². The number of benzene rings is 2. The Hall–Kier alpha value is -3.03. The molecule has 4 rings (SSSR count). The predicted octanol–water partition coefficient (Wildman–Crippen LogP) is -0.381. The van der Waals surface area contributed by atoms with Crippen LogP contribution >= 0.6 is 11.8 Å². The lowest BCUT2D eigenvalue weighted by Gasteiger charge is -2.42. The van der Waals surface area contributed by atoms with Crippen LogP contribution in [0.4, 0.5) is 0 Å². The first-order chi connectivity index (χ1) is 17.7. The molecule has 0 saturated carbocycles. The lowest BCUT2D eigenvalue weighted by Crippen LogP contribution is -2.63. The SMILES string of the molecule is CC(=O)N[C@@H]1[C@@H](O)[C@H](O)[C@@H](CO)O[C@H]1SCCC(=O)NCCN1C(=O)c2cccc3cccc(c23)C1=O. The van der Waals surface area contributed by atoms with Crippen molar-refractivity contribution in [3.05, 3.63) is 47.5 Å². The highest BCUT2D eigenvalue weighted by molar-refractivity contribution is 7.99. The van der Waals surface area contributed by atoms with Crippen LogP contribution in [0.1, 0.15) is 34.1 Å². The smallest absolute Gasteiger partial charge is 0.261 e. The first kappa shape index (κ1) is 27.0. The third-order valence-corrected chi connectivity index (χ3v) is 7.55. The second-order valence-electron chi connectivity index (χ2n) is 8.87. The molecule has 1 fully saturated rings. The van der Waals surface area contributed by atoms with Gasteiger partial charge in [0.15, 0.2) is 0 Å². The molecule has 0 unspecified atom stereocenters. The monoisotopic (exact) mass is 531 g/mol. The maximum atomic E-state index is 12.9. The molecule has 2 aliphatic rings. The van der Waals surface area contributed by atoms with Gasteiger partial charge in [0.05, 0.1) is 12.6 Å². The Bertz CT molecular complexity index is 1160. The van der Waals surface area contributed by atoms with E-state index in [2.05, 4.69) is 10.6 Å². The Morgan fingerprint density at radius 2 is 1.70 bits per heavy atom. The van der Waals surface area contributed by atoms with E-state index < -0.39 is 54.1 Å². The van der Waals surface area contributed by atoms with Crippen LogP contribution in [0.3, 0.4) is 0 Å². The molecule has 11 nitrogen and oxygen atoms in total. The molecule has 0 radical (unpaired) electrons. The van der Waals surface area contributed by atoms with E-state index in [1.165, 1.54) is 6.92 Å². The number of hydrogen-bond donors (Lipinski definition) is 5. The van der Waals surface area contributed by atoms with Gasteiger partial charge < -0.3 is 30.7 Å². The zero-order valence-electron chi connectivity index (χ0n) is 20.1. The van der Waals surface area contributed by atoms with Gasteiger partial charge in [0.1, 0.15) is 23.7 Å². The highest BCUT2D eigenvalue weighted by Gasteiger charge is 2.44. The molecule has 5 atom stereocenters. The predicted molar refractivity (Wildman–Crippen MR) is 135 cm³/mol. The van der Waals surface area contributed by atoms with E-state index in [0.29, 0.717) is 16.5 Å². The zero-order chi connectivity index (χ0) is 26.7. The number of rotatable bonds is 9. The molecule has 0 aromatic heterocycles. The van der Waals surface area contributed by atoms with Crippen molar-refractivity contribution in [1.82, 2.24) is 15.5 Å². The third kappa shape index (κ3) is 5.63. The van der Waals surface area contributed by atoms with Gasteiger partial charge in [0.25, 0.3) is 11.8 Å². The van der Waals surface area contributed by atoms with E-state index in [1.54, 1.807) is 24.3 Å². The molecule has 4 amide bonds. The molecular weight excluding hydrogens is 502 g/mol.